The van der Waals surface area contributed by atoms with E-state index < -0.39 is 24.1 Å². The van der Waals surface area contributed by atoms with Gasteiger partial charge in [0.1, 0.15) is 0 Å². The fraction of sp³-hybridized carbons (Fsp3) is 0.467. The molecule has 0 aliphatic carbocycles. The van der Waals surface area contributed by atoms with Crippen LogP contribution < -0.4 is 10.6 Å². The van der Waals surface area contributed by atoms with Gasteiger partial charge in [-0.1, -0.05) is 126 Å². The van der Waals surface area contributed by atoms with Gasteiger partial charge in [-0.25, -0.2) is 0 Å². The molecule has 0 bridgehead atoms. The molecule has 5 rings (SSSR count). The minimum Gasteiger partial charge on any atom is -0.481 e. The van der Waals surface area contributed by atoms with Crippen LogP contribution in [0.1, 0.15) is 111 Å². The molecule has 2 atom stereocenters. The molecule has 0 aliphatic heterocycles. The van der Waals surface area contributed by atoms with Crippen molar-refractivity contribution in [1.82, 2.24) is 20.4 Å². The first-order valence-electron chi connectivity index (χ1n) is 25.3. The minimum absolute atomic E-state index is 0.0239. The van der Waals surface area contributed by atoms with Gasteiger partial charge in [-0.15, -0.1) is 0 Å². The van der Waals surface area contributed by atoms with Gasteiger partial charge in [-0.2, -0.15) is 0 Å². The summed E-state index contributed by atoms with van der Waals surface area (Å²) in [6.45, 7) is 16.7. The third kappa shape index (κ3) is 23.6. The number of aryl methyl sites for hydroxylation is 6. The van der Waals surface area contributed by atoms with Crippen LogP contribution in [0.4, 0.5) is 0 Å². The Labute approximate surface area is 420 Å². The second-order valence-corrected chi connectivity index (χ2v) is 20.9. The highest BCUT2D eigenvalue weighted by Crippen LogP contribution is 2.25. The zero-order valence-corrected chi connectivity index (χ0v) is 43.5. The van der Waals surface area contributed by atoms with E-state index in [1.807, 2.05) is 45.3 Å². The number of hydrogen-bond acceptors (Lipinski definition) is 8. The number of likely N-dealkylation sites (N-methyl/N-ethyl adjacent to an activating group) is 2. The summed E-state index contributed by atoms with van der Waals surface area (Å²) in [5, 5.41) is 46.2. The molecule has 0 unspecified atom stereocenters. The van der Waals surface area contributed by atoms with Crippen LogP contribution in [-0.2, 0) is 48.4 Å². The Morgan fingerprint density at radius 2 is 0.900 bits per heavy atom. The number of aliphatic carboxylic acids is 2. The van der Waals surface area contributed by atoms with E-state index in [-0.39, 0.29) is 23.9 Å². The quantitative estimate of drug-likeness (QED) is 0.0274. The summed E-state index contributed by atoms with van der Waals surface area (Å²) in [5.41, 5.74) is 11.7. The predicted octanol–water partition coefficient (Wildman–Crippen LogP) is 10.1. The Bertz CT molecular complexity index is 2300. The van der Waals surface area contributed by atoms with Crippen molar-refractivity contribution in [1.29, 1.82) is 0 Å². The minimum atomic E-state index is -0.774. The van der Waals surface area contributed by atoms with Crippen LogP contribution in [-0.4, -0.2) is 106 Å². The number of rotatable bonds is 29. The molecule has 10 heteroatoms. The van der Waals surface area contributed by atoms with E-state index in [0.29, 0.717) is 39.0 Å². The molecule has 5 aromatic rings. The van der Waals surface area contributed by atoms with Gasteiger partial charge >= 0.3 is 11.9 Å². The molecule has 5 aromatic carbocycles. The van der Waals surface area contributed by atoms with E-state index >= 15 is 0 Å². The summed E-state index contributed by atoms with van der Waals surface area (Å²) in [6, 6.07) is 42.1. The Hall–Kier alpha value is -5.20. The van der Waals surface area contributed by atoms with Crippen molar-refractivity contribution in [2.75, 3.05) is 40.3 Å². The van der Waals surface area contributed by atoms with Crippen LogP contribution in [0.2, 0.25) is 0 Å². The molecule has 0 radical (unpaired) electrons. The van der Waals surface area contributed by atoms with Gasteiger partial charge in [0, 0.05) is 63.2 Å². The van der Waals surface area contributed by atoms with Crippen molar-refractivity contribution in [2.45, 2.75) is 142 Å². The zero-order valence-electron chi connectivity index (χ0n) is 43.5. The summed E-state index contributed by atoms with van der Waals surface area (Å²) < 4.78 is 0. The molecule has 0 saturated carbocycles. The molecule has 6 N–H and O–H groups in total. The van der Waals surface area contributed by atoms with Gasteiger partial charge < -0.3 is 31.1 Å². The molecule has 0 heterocycles. The van der Waals surface area contributed by atoms with E-state index in [9.17, 15) is 19.8 Å². The van der Waals surface area contributed by atoms with Crippen molar-refractivity contribution in [3.05, 3.63) is 166 Å². The number of aliphatic hydroxyl groups is 2. The number of β-amino-alcohol motifs (C(OH)–C–C–N with tert-alkyl or cyclic N) is 2. The van der Waals surface area contributed by atoms with Gasteiger partial charge in [0.25, 0.3) is 0 Å². The highest BCUT2D eigenvalue weighted by Gasteiger charge is 2.21. The summed E-state index contributed by atoms with van der Waals surface area (Å²) >= 11 is 0. The summed E-state index contributed by atoms with van der Waals surface area (Å²) in [4.78, 5) is 26.0. The standard InChI is InChI=1S/C33H44N2O3.C27H40N2O3/c1-25-19-28(21-30(20-25)29-15-12-27(13-16-29)14-17-32(37)38)23-35(4)24-31(36)22-34-33(2,3)18-8-11-26-9-6-5-7-10-26;1-21-15-23(12-13-26(31)32)17-24(16-21)19-29(4)20-25(30)18-28-27(2,3)14-8-11-22-9-6-5-7-10-22/h5-7,9-10,12-13,15-16,19-21,31,34,36H,8,11,14,17-18,22-24H2,1-4H3,(H,37,38);5-7,9-10,15-17,25,28,30H,8,11-14,18-20H2,1-4H3,(H,31,32)/t31-;25-/m11/s1. The Balaban J connectivity index is 0.000000309. The van der Waals surface area contributed by atoms with Crippen LogP contribution in [0.25, 0.3) is 11.1 Å². The number of benzene rings is 5. The smallest absolute Gasteiger partial charge is 0.303 e. The highest BCUT2D eigenvalue weighted by atomic mass is 16.4. The summed E-state index contributed by atoms with van der Waals surface area (Å²) in [6.07, 6.45) is 6.94. The van der Waals surface area contributed by atoms with E-state index in [0.717, 1.165) is 85.0 Å². The van der Waals surface area contributed by atoms with Crippen LogP contribution in [0.3, 0.4) is 0 Å². The lowest BCUT2D eigenvalue weighted by atomic mass is 9.95. The first kappa shape index (κ1) is 57.4. The van der Waals surface area contributed by atoms with E-state index in [1.165, 1.54) is 22.3 Å². The van der Waals surface area contributed by atoms with Crippen molar-refractivity contribution in [3.8, 4) is 11.1 Å². The fourth-order valence-corrected chi connectivity index (χ4v) is 8.99. The van der Waals surface area contributed by atoms with E-state index in [2.05, 4.69) is 152 Å². The molecular weight excluding hydrogens is 873 g/mol. The molecule has 10 nitrogen and oxygen atoms in total. The first-order valence-corrected chi connectivity index (χ1v) is 25.3. The van der Waals surface area contributed by atoms with Crippen molar-refractivity contribution >= 4 is 11.9 Å². The van der Waals surface area contributed by atoms with Gasteiger partial charge in [-0.05, 0) is 158 Å². The van der Waals surface area contributed by atoms with Crippen molar-refractivity contribution in [3.63, 3.8) is 0 Å². The third-order valence-electron chi connectivity index (χ3n) is 12.7. The normalized spacial score (nSPS) is 12.7. The lowest BCUT2D eigenvalue weighted by Gasteiger charge is -2.29. The van der Waals surface area contributed by atoms with Gasteiger partial charge in [0.05, 0.1) is 12.2 Å². The number of hydrogen-bond donors (Lipinski definition) is 6. The van der Waals surface area contributed by atoms with Crippen LogP contribution in [0.15, 0.2) is 121 Å². The molecule has 70 heavy (non-hydrogen) atoms. The van der Waals surface area contributed by atoms with E-state index in [1.54, 1.807) is 0 Å². The summed E-state index contributed by atoms with van der Waals surface area (Å²) in [5.74, 6) is -1.55. The topological polar surface area (TPSA) is 146 Å². The van der Waals surface area contributed by atoms with Crippen molar-refractivity contribution in [2.24, 2.45) is 0 Å². The number of nitrogens with one attached hydrogen (secondary N) is 2. The van der Waals surface area contributed by atoms with Crippen LogP contribution in [0, 0.1) is 13.8 Å². The maximum atomic E-state index is 10.9. The molecule has 0 amide bonds. The number of carboxylic acids is 2. The SMILES string of the molecule is Cc1cc(CCC(=O)O)cc(CN(C)C[C@H](O)CNC(C)(C)CCCc2ccccc2)c1.Cc1cc(CN(C)C[C@H](O)CNC(C)(C)CCCc2ccccc2)cc(-c2ccc(CCC(=O)O)cc2)c1. The van der Waals surface area contributed by atoms with Crippen LogP contribution >= 0.6 is 0 Å². The molecule has 0 spiro atoms. The number of nitrogens with zero attached hydrogens (tertiary/aromatic N) is 2. The second kappa shape index (κ2) is 29.2. The number of aliphatic hydroxyl groups excluding tert-OH is 2. The molecule has 0 aliphatic rings. The van der Waals surface area contributed by atoms with Gasteiger partial charge in [-0.3, -0.25) is 19.4 Å². The van der Waals surface area contributed by atoms with Gasteiger partial charge in [0.2, 0.25) is 0 Å². The fourth-order valence-electron chi connectivity index (χ4n) is 8.99. The maximum Gasteiger partial charge on any atom is 0.303 e. The average Bonchev–Trinajstić information content (AvgIpc) is 3.29. The second-order valence-electron chi connectivity index (χ2n) is 20.9. The Kier molecular flexibility index (Phi) is 23.9. The Morgan fingerprint density at radius 1 is 0.500 bits per heavy atom. The third-order valence-corrected chi connectivity index (χ3v) is 12.7. The average molecular weight is 957 g/mol. The molecular formula is C60H84N4O6. The molecule has 380 valence electrons. The highest BCUT2D eigenvalue weighted by molar-refractivity contribution is 5.68. The Morgan fingerprint density at radius 3 is 1.36 bits per heavy atom. The van der Waals surface area contributed by atoms with Crippen molar-refractivity contribution < 1.29 is 30.0 Å². The summed E-state index contributed by atoms with van der Waals surface area (Å²) in [7, 11) is 4.06. The largest absolute Gasteiger partial charge is 0.481 e. The maximum absolute atomic E-state index is 10.9. The first-order chi connectivity index (χ1) is 33.2. The number of carboxylic acid groups (broad SMARTS) is 2. The van der Waals surface area contributed by atoms with Gasteiger partial charge in [0.15, 0.2) is 0 Å². The van der Waals surface area contributed by atoms with E-state index in [4.69, 9.17) is 10.2 Å². The molecule has 0 aromatic heterocycles. The van der Waals surface area contributed by atoms with Crippen LogP contribution in [0.5, 0.6) is 0 Å². The monoisotopic (exact) mass is 957 g/mol. The molecule has 0 saturated heterocycles. The lowest BCUT2D eigenvalue weighted by Crippen LogP contribution is -2.46. The predicted molar refractivity (Wildman–Crippen MR) is 287 cm³/mol. The zero-order chi connectivity index (χ0) is 51.1. The number of carbonyl (C=O) groups is 2. The molecule has 0 fully saturated rings. The lowest BCUT2D eigenvalue weighted by molar-refractivity contribution is -0.138.